The van der Waals surface area contributed by atoms with E-state index < -0.39 is 18.1 Å². The normalized spacial score (nSPS) is 11.1. The van der Waals surface area contributed by atoms with Gasteiger partial charge < -0.3 is 15.2 Å². The molecular formula is C17H23N3O4. The number of hydrogen-bond donors (Lipinski definition) is 3. The Morgan fingerprint density at radius 1 is 1.25 bits per heavy atom. The summed E-state index contributed by atoms with van der Waals surface area (Å²) in [5.74, 6) is -0.874. The van der Waals surface area contributed by atoms with Crippen molar-refractivity contribution in [1.29, 1.82) is 0 Å². The molecule has 7 nitrogen and oxygen atoms in total. The van der Waals surface area contributed by atoms with Gasteiger partial charge in [-0.15, -0.1) is 0 Å². The largest absolute Gasteiger partial charge is 0.480 e. The number of rotatable bonds is 6. The molecule has 7 heteroatoms. The Morgan fingerprint density at radius 2 is 1.96 bits per heavy atom. The maximum atomic E-state index is 11.5. The lowest BCUT2D eigenvalue weighted by atomic mass is 10.0. The number of carbonyl (C=O) groups excluding carboxylic acids is 1. The molecule has 0 bridgehead atoms. The van der Waals surface area contributed by atoms with Gasteiger partial charge in [0.25, 0.3) is 0 Å². The summed E-state index contributed by atoms with van der Waals surface area (Å²) in [6.45, 7) is 3.92. The molecule has 0 spiro atoms. The van der Waals surface area contributed by atoms with Crippen molar-refractivity contribution >= 4 is 12.1 Å². The van der Waals surface area contributed by atoms with Crippen LogP contribution in [0.2, 0.25) is 0 Å². The summed E-state index contributed by atoms with van der Waals surface area (Å²) in [6.07, 6.45) is 3.12. The van der Waals surface area contributed by atoms with Crippen molar-refractivity contribution in [2.45, 2.75) is 32.9 Å². The number of nitrogens with zero attached hydrogens (tertiary/aromatic N) is 1. The number of alkyl carbamates (subject to hydrolysis) is 1. The first kappa shape index (κ1) is 19.2. The molecule has 0 fully saturated rings. The second-order valence-electron chi connectivity index (χ2n) is 5.49. The molecule has 1 amide bonds. The number of benzene rings is 1. The minimum Gasteiger partial charge on any atom is -0.480 e. The molecule has 3 N–H and O–H groups in total. The van der Waals surface area contributed by atoms with E-state index in [1.807, 2.05) is 50.2 Å². The van der Waals surface area contributed by atoms with Crippen LogP contribution in [0.3, 0.4) is 0 Å². The van der Waals surface area contributed by atoms with Crippen LogP contribution in [0.5, 0.6) is 0 Å². The lowest BCUT2D eigenvalue weighted by Gasteiger charge is -2.16. The predicted molar refractivity (Wildman–Crippen MR) is 89.2 cm³/mol. The SMILES string of the molecule is CC(C)C[C@H](NC(=O)OCc1ccccc1)C(=O)O.c1cn[nH]c1. The molecule has 0 unspecified atom stereocenters. The topological polar surface area (TPSA) is 104 Å². The first-order valence-electron chi connectivity index (χ1n) is 7.62. The summed E-state index contributed by atoms with van der Waals surface area (Å²) in [7, 11) is 0. The number of aromatic amines is 1. The first-order valence-corrected chi connectivity index (χ1v) is 7.62. The van der Waals surface area contributed by atoms with Crippen molar-refractivity contribution in [1.82, 2.24) is 15.5 Å². The molecule has 24 heavy (non-hydrogen) atoms. The standard InChI is InChI=1S/C14H19NO4.C3H4N2/c1-10(2)8-12(13(16)17)15-14(18)19-9-11-6-4-3-5-7-11;1-2-4-5-3-1/h3-7,10,12H,8-9H2,1-2H3,(H,15,18)(H,16,17);1-3H,(H,4,5)/t12-;/m0./s1. The van der Waals surface area contributed by atoms with Crippen LogP contribution in [-0.2, 0) is 16.1 Å². The quantitative estimate of drug-likeness (QED) is 0.754. The Balaban J connectivity index is 0.000000488. The lowest BCUT2D eigenvalue weighted by Crippen LogP contribution is -2.41. The zero-order valence-electron chi connectivity index (χ0n) is 13.8. The molecule has 0 radical (unpaired) electrons. The minimum absolute atomic E-state index is 0.126. The van der Waals surface area contributed by atoms with Crippen molar-refractivity contribution in [3.63, 3.8) is 0 Å². The van der Waals surface area contributed by atoms with Gasteiger partial charge in [0.2, 0.25) is 0 Å². The third-order valence-electron chi connectivity index (χ3n) is 2.92. The Bertz CT molecular complexity index is 568. The summed E-state index contributed by atoms with van der Waals surface area (Å²) in [4.78, 5) is 22.5. The third kappa shape index (κ3) is 8.57. The monoisotopic (exact) mass is 333 g/mol. The van der Waals surface area contributed by atoms with Gasteiger partial charge in [-0.3, -0.25) is 5.10 Å². The van der Waals surface area contributed by atoms with Gasteiger partial charge in [-0.2, -0.15) is 5.10 Å². The molecule has 0 saturated carbocycles. The van der Waals surface area contributed by atoms with Gasteiger partial charge in [-0.1, -0.05) is 44.2 Å². The van der Waals surface area contributed by atoms with E-state index in [2.05, 4.69) is 15.5 Å². The van der Waals surface area contributed by atoms with E-state index in [1.165, 1.54) is 0 Å². The second-order valence-corrected chi connectivity index (χ2v) is 5.49. The van der Waals surface area contributed by atoms with Gasteiger partial charge in [-0.05, 0) is 24.0 Å². The molecule has 0 aliphatic rings. The summed E-state index contributed by atoms with van der Waals surface area (Å²) in [6, 6.07) is 10.1. The van der Waals surface area contributed by atoms with Gasteiger partial charge in [0.05, 0.1) is 0 Å². The van der Waals surface area contributed by atoms with Gasteiger partial charge in [0.1, 0.15) is 12.6 Å². The number of aromatic nitrogens is 2. The van der Waals surface area contributed by atoms with E-state index in [0.29, 0.717) is 6.42 Å². The number of carbonyl (C=O) groups is 2. The van der Waals surface area contributed by atoms with Crippen LogP contribution in [0.4, 0.5) is 4.79 Å². The maximum absolute atomic E-state index is 11.5. The van der Waals surface area contributed by atoms with E-state index in [0.717, 1.165) is 5.56 Å². The first-order chi connectivity index (χ1) is 11.5. The van der Waals surface area contributed by atoms with E-state index >= 15 is 0 Å². The van der Waals surface area contributed by atoms with E-state index in [-0.39, 0.29) is 12.5 Å². The van der Waals surface area contributed by atoms with E-state index in [1.54, 1.807) is 12.4 Å². The smallest absolute Gasteiger partial charge is 0.408 e. The highest BCUT2D eigenvalue weighted by Gasteiger charge is 2.21. The molecular weight excluding hydrogens is 310 g/mol. The number of carboxylic acids is 1. The number of ether oxygens (including phenoxy) is 1. The number of H-pyrrole nitrogens is 1. The number of hydrogen-bond acceptors (Lipinski definition) is 4. The van der Waals surface area contributed by atoms with Crippen LogP contribution in [-0.4, -0.2) is 33.4 Å². The highest BCUT2D eigenvalue weighted by atomic mass is 16.5. The van der Waals surface area contributed by atoms with E-state index in [9.17, 15) is 9.59 Å². The highest BCUT2D eigenvalue weighted by Crippen LogP contribution is 2.06. The maximum Gasteiger partial charge on any atom is 0.408 e. The Morgan fingerprint density at radius 3 is 2.42 bits per heavy atom. The van der Waals surface area contributed by atoms with Crippen molar-refractivity contribution in [3.8, 4) is 0 Å². The molecule has 1 aromatic heterocycles. The predicted octanol–water partition coefficient (Wildman–Crippen LogP) is 2.82. The molecule has 2 rings (SSSR count). The minimum atomic E-state index is -1.05. The van der Waals surface area contributed by atoms with Gasteiger partial charge >= 0.3 is 12.1 Å². The van der Waals surface area contributed by atoms with Crippen LogP contribution >= 0.6 is 0 Å². The molecule has 1 atom stereocenters. The number of aliphatic carboxylic acids is 1. The fraction of sp³-hybridized carbons (Fsp3) is 0.353. The second kappa shape index (κ2) is 10.8. The van der Waals surface area contributed by atoms with Crippen LogP contribution in [0.15, 0.2) is 48.8 Å². The third-order valence-corrected chi connectivity index (χ3v) is 2.92. The molecule has 1 aromatic carbocycles. The van der Waals surface area contributed by atoms with Crippen molar-refractivity contribution < 1.29 is 19.4 Å². The molecule has 0 aliphatic heterocycles. The van der Waals surface area contributed by atoms with Crippen LogP contribution < -0.4 is 5.32 Å². The highest BCUT2D eigenvalue weighted by molar-refractivity contribution is 5.79. The van der Waals surface area contributed by atoms with Crippen LogP contribution in [0, 0.1) is 5.92 Å². The molecule has 0 aliphatic carbocycles. The van der Waals surface area contributed by atoms with E-state index in [4.69, 9.17) is 9.84 Å². The fourth-order valence-electron chi connectivity index (χ4n) is 1.82. The summed E-state index contributed by atoms with van der Waals surface area (Å²) in [5, 5.41) is 17.6. The fourth-order valence-corrected chi connectivity index (χ4v) is 1.82. The molecule has 130 valence electrons. The van der Waals surface area contributed by atoms with Gasteiger partial charge in [-0.25, -0.2) is 9.59 Å². The van der Waals surface area contributed by atoms with Gasteiger partial charge in [0.15, 0.2) is 0 Å². The average Bonchev–Trinajstić information content (AvgIpc) is 3.12. The summed E-state index contributed by atoms with van der Waals surface area (Å²) >= 11 is 0. The summed E-state index contributed by atoms with van der Waals surface area (Å²) < 4.78 is 4.98. The molecule has 1 heterocycles. The van der Waals surface area contributed by atoms with Gasteiger partial charge in [0, 0.05) is 12.4 Å². The Kier molecular flexibility index (Phi) is 8.67. The Hall–Kier alpha value is -2.83. The van der Waals surface area contributed by atoms with Crippen molar-refractivity contribution in [2.24, 2.45) is 5.92 Å². The number of nitrogens with one attached hydrogen (secondary N) is 2. The number of amides is 1. The van der Waals surface area contributed by atoms with Crippen molar-refractivity contribution in [2.75, 3.05) is 0 Å². The average molecular weight is 333 g/mol. The zero-order chi connectivity index (χ0) is 17.8. The van der Waals surface area contributed by atoms with Crippen LogP contribution in [0.1, 0.15) is 25.8 Å². The lowest BCUT2D eigenvalue weighted by molar-refractivity contribution is -0.139. The molecule has 2 aromatic rings. The summed E-state index contributed by atoms with van der Waals surface area (Å²) in [5.41, 5.74) is 0.855. The molecule has 0 saturated heterocycles. The zero-order valence-corrected chi connectivity index (χ0v) is 13.8. The Labute approximate surface area is 141 Å². The van der Waals surface area contributed by atoms with Crippen molar-refractivity contribution in [3.05, 3.63) is 54.4 Å². The number of carboxylic acid groups (broad SMARTS) is 1. The van der Waals surface area contributed by atoms with Crippen LogP contribution in [0.25, 0.3) is 0 Å².